The Morgan fingerprint density at radius 2 is 1.19 bits per heavy atom. The third kappa shape index (κ3) is 4.22. The fourth-order valence-corrected chi connectivity index (χ4v) is 11.7. The molecule has 2 heterocycles. The van der Waals surface area contributed by atoms with Gasteiger partial charge in [0.05, 0.1) is 5.69 Å². The van der Waals surface area contributed by atoms with Gasteiger partial charge in [-0.2, -0.15) is 0 Å². The summed E-state index contributed by atoms with van der Waals surface area (Å²) in [6.45, 7) is 0. The van der Waals surface area contributed by atoms with Crippen LogP contribution in [0.15, 0.2) is 156 Å². The highest BCUT2D eigenvalue weighted by atomic mass is 16.5. The highest BCUT2D eigenvalue weighted by Gasteiger charge is 2.61. The molecule has 13 rings (SSSR count). The molecule has 256 valence electrons. The van der Waals surface area contributed by atoms with Crippen LogP contribution in [0.2, 0.25) is 0 Å². The average molecular weight is 686 g/mol. The highest BCUT2D eigenvalue weighted by molar-refractivity contribution is 6.09. The molecule has 4 saturated carbocycles. The number of fused-ring (bicyclic) bond motifs is 6. The zero-order chi connectivity index (χ0) is 34.7. The van der Waals surface area contributed by atoms with E-state index in [2.05, 4.69) is 150 Å². The number of furan rings is 1. The maximum atomic E-state index is 6.99. The molecule has 1 aliphatic heterocycles. The maximum Gasteiger partial charge on any atom is 0.143 e. The lowest BCUT2D eigenvalue weighted by Crippen LogP contribution is -2.56. The van der Waals surface area contributed by atoms with Crippen LogP contribution in [-0.4, -0.2) is 0 Å². The van der Waals surface area contributed by atoms with E-state index in [4.69, 9.17) is 9.15 Å². The SMILES string of the molecule is c1cc(-c2cccc3c2oc2ccccc23)cc(N(c2ccc3c(c2)Oc2ccccc2C32C3CC4CC(C3)CC2C4)c2cccc3ccccc23)c1. The van der Waals surface area contributed by atoms with Gasteiger partial charge in [0.15, 0.2) is 0 Å². The number of para-hydroxylation sites is 3. The van der Waals surface area contributed by atoms with Crippen LogP contribution >= 0.6 is 0 Å². The zero-order valence-electron chi connectivity index (χ0n) is 29.5. The van der Waals surface area contributed by atoms with Gasteiger partial charge in [0, 0.05) is 55.7 Å². The first-order chi connectivity index (χ1) is 26.2. The molecule has 53 heavy (non-hydrogen) atoms. The molecule has 4 fully saturated rings. The van der Waals surface area contributed by atoms with Gasteiger partial charge in [-0.25, -0.2) is 0 Å². The second-order valence-corrected chi connectivity index (χ2v) is 16.1. The average Bonchev–Trinajstić information content (AvgIpc) is 3.58. The molecule has 8 aromatic rings. The predicted octanol–water partition coefficient (Wildman–Crippen LogP) is 13.7. The number of hydrogen-bond donors (Lipinski definition) is 0. The van der Waals surface area contributed by atoms with Crippen molar-refractivity contribution in [1.82, 2.24) is 0 Å². The maximum absolute atomic E-state index is 6.99. The molecule has 3 nitrogen and oxygen atoms in total. The number of hydrogen-bond acceptors (Lipinski definition) is 3. The summed E-state index contributed by atoms with van der Waals surface area (Å²) in [7, 11) is 0. The van der Waals surface area contributed by atoms with E-state index in [0.29, 0.717) is 11.8 Å². The van der Waals surface area contributed by atoms with Gasteiger partial charge in [-0.3, -0.25) is 0 Å². The Kier molecular flexibility index (Phi) is 6.23. The molecule has 7 aromatic carbocycles. The van der Waals surface area contributed by atoms with E-state index in [0.717, 1.165) is 73.5 Å². The van der Waals surface area contributed by atoms with Crippen LogP contribution in [0, 0.1) is 23.7 Å². The van der Waals surface area contributed by atoms with Crippen LogP contribution in [-0.2, 0) is 5.41 Å². The van der Waals surface area contributed by atoms with Gasteiger partial charge in [0.1, 0.15) is 22.7 Å². The van der Waals surface area contributed by atoms with Crippen LogP contribution in [0.5, 0.6) is 11.5 Å². The summed E-state index contributed by atoms with van der Waals surface area (Å²) in [5.41, 5.74) is 10.2. The number of nitrogens with zero attached hydrogens (tertiary/aromatic N) is 1. The Morgan fingerprint density at radius 1 is 0.509 bits per heavy atom. The normalized spacial score (nSPS) is 23.7. The summed E-state index contributed by atoms with van der Waals surface area (Å²) >= 11 is 0. The van der Waals surface area contributed by atoms with Crippen molar-refractivity contribution in [2.24, 2.45) is 23.7 Å². The van der Waals surface area contributed by atoms with Crippen molar-refractivity contribution in [3.8, 4) is 22.6 Å². The predicted molar refractivity (Wildman–Crippen MR) is 216 cm³/mol. The topological polar surface area (TPSA) is 25.6 Å². The van der Waals surface area contributed by atoms with Crippen molar-refractivity contribution < 1.29 is 9.15 Å². The lowest BCUT2D eigenvalue weighted by Gasteiger charge is -2.63. The van der Waals surface area contributed by atoms with E-state index in [1.165, 1.54) is 54.0 Å². The van der Waals surface area contributed by atoms with Crippen LogP contribution in [0.1, 0.15) is 43.2 Å². The molecule has 1 spiro atoms. The Bertz CT molecular complexity index is 2720. The first kappa shape index (κ1) is 29.7. The Balaban J connectivity index is 1.06. The molecule has 4 bridgehead atoms. The van der Waals surface area contributed by atoms with Crippen LogP contribution in [0.25, 0.3) is 43.8 Å². The molecule has 0 radical (unpaired) electrons. The highest BCUT2D eigenvalue weighted by Crippen LogP contribution is 2.69. The standard InChI is InChI=1S/C50H39NO2/c1-2-14-39-33(10-1)11-8-19-45(39)51(37-13-7-12-34(29-37)40-16-9-17-42-41-15-3-5-20-46(41)53-49(40)42)38-22-23-44-48(30-38)52-47-21-6-4-18-43(47)50(44)35-25-31-24-32(27-35)28-36(50)26-31/h1-23,29-32,35-36H,24-28H2. The van der Waals surface area contributed by atoms with Crippen molar-refractivity contribution in [2.75, 3.05) is 4.90 Å². The Labute approximate surface area is 309 Å². The van der Waals surface area contributed by atoms with E-state index >= 15 is 0 Å². The van der Waals surface area contributed by atoms with Crippen molar-refractivity contribution in [1.29, 1.82) is 0 Å². The van der Waals surface area contributed by atoms with E-state index in [1.54, 1.807) is 0 Å². The van der Waals surface area contributed by atoms with Crippen LogP contribution in [0.3, 0.4) is 0 Å². The second kappa shape index (κ2) is 11.1. The Hall–Kier alpha value is -5.80. The van der Waals surface area contributed by atoms with Gasteiger partial charge in [-0.15, -0.1) is 0 Å². The molecule has 3 heteroatoms. The molecule has 0 N–H and O–H groups in total. The molecule has 0 saturated heterocycles. The van der Waals surface area contributed by atoms with Gasteiger partial charge in [-0.05, 0) is 103 Å². The molecule has 5 aliphatic rings. The van der Waals surface area contributed by atoms with E-state index in [1.807, 2.05) is 6.07 Å². The van der Waals surface area contributed by atoms with Gasteiger partial charge < -0.3 is 14.1 Å². The molecule has 0 amide bonds. The number of benzene rings is 7. The summed E-state index contributed by atoms with van der Waals surface area (Å²) in [5.74, 6) is 5.17. The number of anilines is 3. The van der Waals surface area contributed by atoms with Crippen LogP contribution < -0.4 is 9.64 Å². The molecule has 0 atom stereocenters. The Morgan fingerprint density at radius 3 is 2.08 bits per heavy atom. The van der Waals surface area contributed by atoms with Crippen molar-refractivity contribution in [2.45, 2.75) is 37.5 Å². The van der Waals surface area contributed by atoms with E-state index < -0.39 is 0 Å². The van der Waals surface area contributed by atoms with E-state index in [-0.39, 0.29) is 5.41 Å². The first-order valence-electron chi connectivity index (χ1n) is 19.4. The van der Waals surface area contributed by atoms with Gasteiger partial charge >= 0.3 is 0 Å². The van der Waals surface area contributed by atoms with Gasteiger partial charge in [0.2, 0.25) is 0 Å². The number of rotatable bonds is 4. The van der Waals surface area contributed by atoms with Crippen LogP contribution in [0.4, 0.5) is 17.1 Å². The fourth-order valence-electron chi connectivity index (χ4n) is 11.7. The largest absolute Gasteiger partial charge is 0.457 e. The van der Waals surface area contributed by atoms with E-state index in [9.17, 15) is 0 Å². The quantitative estimate of drug-likeness (QED) is 0.184. The second-order valence-electron chi connectivity index (χ2n) is 16.1. The summed E-state index contributed by atoms with van der Waals surface area (Å²) in [6.07, 6.45) is 6.81. The summed E-state index contributed by atoms with van der Waals surface area (Å²) < 4.78 is 13.5. The summed E-state index contributed by atoms with van der Waals surface area (Å²) in [5, 5.41) is 4.71. The molecule has 0 unspecified atom stereocenters. The lowest BCUT2D eigenvalue weighted by molar-refractivity contribution is -0.0452. The minimum Gasteiger partial charge on any atom is -0.457 e. The van der Waals surface area contributed by atoms with Crippen molar-refractivity contribution in [3.63, 3.8) is 0 Å². The van der Waals surface area contributed by atoms with Gasteiger partial charge in [0.25, 0.3) is 0 Å². The monoisotopic (exact) mass is 685 g/mol. The third-order valence-corrected chi connectivity index (χ3v) is 13.5. The smallest absolute Gasteiger partial charge is 0.143 e. The van der Waals surface area contributed by atoms with Crippen molar-refractivity contribution >= 4 is 49.8 Å². The number of ether oxygens (including phenoxy) is 1. The van der Waals surface area contributed by atoms with Crippen molar-refractivity contribution in [3.05, 3.63) is 163 Å². The molecule has 4 aliphatic carbocycles. The summed E-state index contributed by atoms with van der Waals surface area (Å²) in [6, 6.07) is 55.2. The fraction of sp³-hybridized carbons (Fsp3) is 0.200. The summed E-state index contributed by atoms with van der Waals surface area (Å²) in [4.78, 5) is 2.43. The first-order valence-corrected chi connectivity index (χ1v) is 19.4. The molecular formula is C50H39NO2. The third-order valence-electron chi connectivity index (χ3n) is 13.5. The molecular weight excluding hydrogens is 647 g/mol. The lowest BCUT2D eigenvalue weighted by atomic mass is 9.42. The zero-order valence-corrected chi connectivity index (χ0v) is 29.5. The molecule has 1 aromatic heterocycles. The minimum absolute atomic E-state index is 0.0194. The minimum atomic E-state index is 0.0194. The van der Waals surface area contributed by atoms with Gasteiger partial charge in [-0.1, -0.05) is 109 Å².